The van der Waals surface area contributed by atoms with E-state index in [0.29, 0.717) is 16.7 Å². The minimum absolute atomic E-state index is 0.0587. The lowest BCUT2D eigenvalue weighted by Crippen LogP contribution is -2.39. The lowest BCUT2D eigenvalue weighted by atomic mass is 10.3. The Labute approximate surface area is 109 Å². The Morgan fingerprint density at radius 2 is 2.33 bits per heavy atom. The van der Waals surface area contributed by atoms with Gasteiger partial charge in [0.1, 0.15) is 17.3 Å². The molecule has 2 aromatic rings. The molecule has 0 aliphatic carbocycles. The van der Waals surface area contributed by atoms with Crippen molar-refractivity contribution in [3.8, 4) is 0 Å². The van der Waals surface area contributed by atoms with Crippen molar-refractivity contribution in [3.63, 3.8) is 0 Å². The highest BCUT2D eigenvalue weighted by molar-refractivity contribution is 6.29. The van der Waals surface area contributed by atoms with Crippen LogP contribution in [0.2, 0.25) is 5.15 Å². The number of amides is 1. The van der Waals surface area contributed by atoms with Gasteiger partial charge in [0, 0.05) is 12.1 Å². The molecule has 2 rings (SSSR count). The molecule has 0 radical (unpaired) electrons. The predicted molar refractivity (Wildman–Crippen MR) is 67.5 cm³/mol. The van der Waals surface area contributed by atoms with Crippen LogP contribution in [0.15, 0.2) is 12.4 Å². The molecular weight excluding hydrogens is 256 g/mol. The molecule has 2 aromatic heterocycles. The summed E-state index contributed by atoms with van der Waals surface area (Å²) in [7, 11) is 0. The predicted octanol–water partition coefficient (Wildman–Crippen LogP) is 0.478. The molecule has 0 fully saturated rings. The zero-order valence-corrected chi connectivity index (χ0v) is 10.8. The van der Waals surface area contributed by atoms with E-state index in [-0.39, 0.29) is 12.6 Å². The smallest absolute Gasteiger partial charge is 0.255 e. The van der Waals surface area contributed by atoms with Crippen LogP contribution in [0.3, 0.4) is 0 Å². The standard InChI is InChI=1S/C10H13ClN6O/c1-6(2)16(4-8(12)18)9-3-7(11)15-10-13-5-14-17(9)10/h3,5-6H,4H2,1-2H3,(H2,12,18). The Hall–Kier alpha value is -1.89. The zero-order chi connectivity index (χ0) is 13.3. The number of primary amides is 1. The van der Waals surface area contributed by atoms with Crippen LogP contribution in [-0.4, -0.2) is 38.1 Å². The van der Waals surface area contributed by atoms with Crippen LogP contribution < -0.4 is 10.6 Å². The third kappa shape index (κ3) is 2.35. The van der Waals surface area contributed by atoms with Crippen molar-refractivity contribution in [2.75, 3.05) is 11.4 Å². The summed E-state index contributed by atoms with van der Waals surface area (Å²) < 4.78 is 1.52. The highest BCUT2D eigenvalue weighted by Crippen LogP contribution is 2.20. The SMILES string of the molecule is CC(C)N(CC(N)=O)c1cc(Cl)nc2ncnn12. The fourth-order valence-corrected chi connectivity index (χ4v) is 1.84. The first-order chi connectivity index (χ1) is 8.49. The van der Waals surface area contributed by atoms with E-state index in [2.05, 4.69) is 15.1 Å². The summed E-state index contributed by atoms with van der Waals surface area (Å²) in [5, 5.41) is 4.35. The molecule has 1 amide bonds. The Bertz CT molecular complexity index is 581. The number of rotatable bonds is 4. The molecule has 0 atom stereocenters. The van der Waals surface area contributed by atoms with Crippen LogP contribution in [-0.2, 0) is 4.79 Å². The minimum Gasteiger partial charge on any atom is -0.368 e. The van der Waals surface area contributed by atoms with Crippen LogP contribution in [0.25, 0.3) is 5.78 Å². The average molecular weight is 269 g/mol. The van der Waals surface area contributed by atoms with Gasteiger partial charge in [-0.25, -0.2) is 0 Å². The molecule has 7 nitrogen and oxygen atoms in total. The van der Waals surface area contributed by atoms with Crippen molar-refractivity contribution in [2.45, 2.75) is 19.9 Å². The van der Waals surface area contributed by atoms with Gasteiger partial charge in [0.2, 0.25) is 5.91 Å². The third-order valence-electron chi connectivity index (χ3n) is 2.45. The molecule has 0 aromatic carbocycles. The molecule has 2 N–H and O–H groups in total. The van der Waals surface area contributed by atoms with Gasteiger partial charge in [-0.05, 0) is 13.8 Å². The maximum atomic E-state index is 11.1. The number of halogens is 1. The minimum atomic E-state index is -0.426. The molecule has 0 unspecified atom stereocenters. The highest BCUT2D eigenvalue weighted by Gasteiger charge is 2.18. The number of hydrogen-bond donors (Lipinski definition) is 1. The van der Waals surface area contributed by atoms with E-state index in [1.807, 2.05) is 13.8 Å². The summed E-state index contributed by atoms with van der Waals surface area (Å²) in [5.74, 6) is 0.592. The van der Waals surface area contributed by atoms with Crippen LogP contribution >= 0.6 is 11.6 Å². The maximum Gasteiger partial charge on any atom is 0.255 e. The second-order valence-electron chi connectivity index (χ2n) is 4.10. The Kier molecular flexibility index (Phi) is 3.33. The fourth-order valence-electron chi connectivity index (χ4n) is 1.67. The van der Waals surface area contributed by atoms with Crippen LogP contribution in [0.4, 0.5) is 5.82 Å². The summed E-state index contributed by atoms with van der Waals surface area (Å²) >= 11 is 5.93. The molecule has 0 saturated carbocycles. The largest absolute Gasteiger partial charge is 0.368 e. The van der Waals surface area contributed by atoms with E-state index < -0.39 is 5.91 Å². The molecule has 2 heterocycles. The number of nitrogens with two attached hydrogens (primary N) is 1. The Morgan fingerprint density at radius 1 is 1.61 bits per heavy atom. The molecule has 0 spiro atoms. The molecule has 0 aliphatic heterocycles. The van der Waals surface area contributed by atoms with Gasteiger partial charge in [0.25, 0.3) is 5.78 Å². The lowest BCUT2D eigenvalue weighted by molar-refractivity contribution is -0.116. The third-order valence-corrected chi connectivity index (χ3v) is 2.64. The quantitative estimate of drug-likeness (QED) is 0.815. The lowest BCUT2D eigenvalue weighted by Gasteiger charge is -2.27. The van der Waals surface area contributed by atoms with Gasteiger partial charge in [0.05, 0.1) is 6.54 Å². The number of carbonyl (C=O) groups excluding carboxylic acids is 1. The summed E-state index contributed by atoms with van der Waals surface area (Å²) in [6.07, 6.45) is 1.38. The van der Waals surface area contributed by atoms with Gasteiger partial charge < -0.3 is 10.6 Å². The number of nitrogens with zero attached hydrogens (tertiary/aromatic N) is 5. The topological polar surface area (TPSA) is 89.4 Å². The van der Waals surface area contributed by atoms with Gasteiger partial charge in [-0.1, -0.05) is 11.6 Å². The molecule has 96 valence electrons. The van der Waals surface area contributed by atoms with Crippen molar-refractivity contribution in [1.29, 1.82) is 0 Å². The summed E-state index contributed by atoms with van der Waals surface area (Å²) in [4.78, 5) is 20.9. The maximum absolute atomic E-state index is 11.1. The monoisotopic (exact) mass is 268 g/mol. The van der Waals surface area contributed by atoms with Gasteiger partial charge >= 0.3 is 0 Å². The second-order valence-corrected chi connectivity index (χ2v) is 4.48. The summed E-state index contributed by atoms with van der Waals surface area (Å²) in [6, 6.07) is 1.69. The number of carbonyl (C=O) groups is 1. The molecule has 8 heteroatoms. The Morgan fingerprint density at radius 3 is 2.94 bits per heavy atom. The highest BCUT2D eigenvalue weighted by atomic mass is 35.5. The van der Waals surface area contributed by atoms with Crippen LogP contribution in [0.1, 0.15) is 13.8 Å². The van der Waals surface area contributed by atoms with Crippen molar-refractivity contribution in [2.24, 2.45) is 5.73 Å². The van der Waals surface area contributed by atoms with E-state index in [1.54, 1.807) is 11.0 Å². The molecule has 0 bridgehead atoms. The van der Waals surface area contributed by atoms with Gasteiger partial charge in [-0.2, -0.15) is 19.6 Å². The van der Waals surface area contributed by atoms with E-state index in [1.165, 1.54) is 10.8 Å². The van der Waals surface area contributed by atoms with E-state index in [9.17, 15) is 4.79 Å². The first kappa shape index (κ1) is 12.6. The summed E-state index contributed by atoms with van der Waals surface area (Å²) in [6.45, 7) is 3.97. The van der Waals surface area contributed by atoms with Gasteiger partial charge in [-0.3, -0.25) is 4.79 Å². The van der Waals surface area contributed by atoms with E-state index in [4.69, 9.17) is 17.3 Å². The molecule has 18 heavy (non-hydrogen) atoms. The van der Waals surface area contributed by atoms with E-state index >= 15 is 0 Å². The molecular formula is C10H13ClN6O. The van der Waals surface area contributed by atoms with Crippen molar-refractivity contribution < 1.29 is 4.79 Å². The number of aromatic nitrogens is 4. The number of hydrogen-bond acceptors (Lipinski definition) is 5. The van der Waals surface area contributed by atoms with Crippen molar-refractivity contribution in [3.05, 3.63) is 17.5 Å². The number of anilines is 1. The normalized spacial score (nSPS) is 11.1. The number of fused-ring (bicyclic) bond motifs is 1. The van der Waals surface area contributed by atoms with Gasteiger partial charge in [0.15, 0.2) is 0 Å². The van der Waals surface area contributed by atoms with E-state index in [0.717, 1.165) is 0 Å². The molecule has 0 saturated heterocycles. The fraction of sp³-hybridized carbons (Fsp3) is 0.400. The first-order valence-electron chi connectivity index (χ1n) is 5.40. The zero-order valence-electron chi connectivity index (χ0n) is 10.0. The second kappa shape index (κ2) is 4.77. The summed E-state index contributed by atoms with van der Waals surface area (Å²) in [5.41, 5.74) is 5.25. The average Bonchev–Trinajstić information content (AvgIpc) is 2.71. The van der Waals surface area contributed by atoms with Crippen LogP contribution in [0, 0.1) is 0 Å². The molecule has 0 aliphatic rings. The van der Waals surface area contributed by atoms with Gasteiger partial charge in [-0.15, -0.1) is 0 Å². The van der Waals surface area contributed by atoms with Crippen molar-refractivity contribution in [1.82, 2.24) is 19.6 Å². The van der Waals surface area contributed by atoms with Crippen molar-refractivity contribution >= 4 is 29.1 Å². The Balaban J connectivity index is 2.55. The first-order valence-corrected chi connectivity index (χ1v) is 5.78. The van der Waals surface area contributed by atoms with Crippen LogP contribution in [0.5, 0.6) is 0 Å².